The topological polar surface area (TPSA) is 81.3 Å². The average Bonchev–Trinajstić information content (AvgIpc) is 3.31. The number of aromatic amines is 1. The number of imidazole rings is 1. The summed E-state index contributed by atoms with van der Waals surface area (Å²) in [5, 5.41) is 3.43. The number of aromatic nitrogens is 2. The number of H-pyrrole nitrogens is 1. The van der Waals surface area contributed by atoms with Crippen LogP contribution in [0.2, 0.25) is 0 Å². The molecule has 8 rings (SSSR count). The minimum atomic E-state index is -0.132. The lowest BCUT2D eigenvalue weighted by Crippen LogP contribution is -2.38. The molecule has 1 saturated carbocycles. The smallest absolute Gasteiger partial charge is 0.224 e. The van der Waals surface area contributed by atoms with E-state index in [1.54, 1.807) is 0 Å². The first-order valence-electron chi connectivity index (χ1n) is 16.2. The van der Waals surface area contributed by atoms with E-state index < -0.39 is 0 Å². The van der Waals surface area contributed by atoms with Crippen molar-refractivity contribution < 1.29 is 9.59 Å². The number of carbonyl (C=O) groups is 2. The highest BCUT2D eigenvalue weighted by atomic mass is 16.2. The predicted molar refractivity (Wildman–Crippen MR) is 160 cm³/mol. The second-order valence-corrected chi connectivity index (χ2v) is 13.3. The van der Waals surface area contributed by atoms with Gasteiger partial charge in [0.05, 0.1) is 17.9 Å². The van der Waals surface area contributed by atoms with Gasteiger partial charge in [-0.15, -0.1) is 0 Å². The molecule has 1 spiro atoms. The SMILES string of the molecule is CCC(=O)CCCCC[C@@H]1NC(=O)[C@H]2CC23CCN(C/C=C/CN2C4CCC2c2cc(ccc24)-c2cnc1[nH]2)CC3. The number of fused-ring (bicyclic) bond motifs is 7. The highest BCUT2D eigenvalue weighted by Gasteiger charge is 2.58. The minimum Gasteiger partial charge on any atom is -0.346 e. The monoisotopic (exact) mass is 555 g/mol. The zero-order chi connectivity index (χ0) is 28.0. The van der Waals surface area contributed by atoms with Crippen LogP contribution in [0.5, 0.6) is 0 Å². The van der Waals surface area contributed by atoms with Crippen LogP contribution in [-0.2, 0) is 9.59 Å². The van der Waals surface area contributed by atoms with Crippen LogP contribution in [0.25, 0.3) is 11.3 Å². The lowest BCUT2D eigenvalue weighted by molar-refractivity contribution is -0.124. The fourth-order valence-corrected chi connectivity index (χ4v) is 8.23. The Morgan fingerprint density at radius 2 is 1.85 bits per heavy atom. The fourth-order valence-electron chi connectivity index (χ4n) is 8.23. The van der Waals surface area contributed by atoms with Gasteiger partial charge in [0.15, 0.2) is 0 Å². The van der Waals surface area contributed by atoms with Crippen LogP contribution in [0, 0.1) is 11.3 Å². The summed E-state index contributed by atoms with van der Waals surface area (Å²) >= 11 is 0. The van der Waals surface area contributed by atoms with E-state index in [9.17, 15) is 9.59 Å². The van der Waals surface area contributed by atoms with Gasteiger partial charge in [-0.3, -0.25) is 19.4 Å². The Morgan fingerprint density at radius 3 is 2.68 bits per heavy atom. The zero-order valence-electron chi connectivity index (χ0n) is 24.5. The molecule has 6 heterocycles. The van der Waals surface area contributed by atoms with Crippen LogP contribution in [0.1, 0.15) is 113 Å². The van der Waals surface area contributed by atoms with E-state index in [4.69, 9.17) is 4.98 Å². The number of piperidine rings is 1. The zero-order valence-corrected chi connectivity index (χ0v) is 24.5. The van der Waals surface area contributed by atoms with Crippen molar-refractivity contribution in [2.24, 2.45) is 11.3 Å². The molecular formula is C34H45N5O2. The van der Waals surface area contributed by atoms with Crippen molar-refractivity contribution in [3.05, 3.63) is 53.5 Å². The van der Waals surface area contributed by atoms with Crippen molar-refractivity contribution in [3.63, 3.8) is 0 Å². The van der Waals surface area contributed by atoms with Gasteiger partial charge < -0.3 is 10.3 Å². The molecule has 9 bridgehead atoms. The molecule has 0 radical (unpaired) electrons. The summed E-state index contributed by atoms with van der Waals surface area (Å²) in [5.74, 6) is 1.51. The first-order valence-corrected chi connectivity index (χ1v) is 16.2. The van der Waals surface area contributed by atoms with E-state index in [1.807, 2.05) is 13.1 Å². The molecule has 1 aliphatic carbocycles. The van der Waals surface area contributed by atoms with Crippen molar-refractivity contribution in [3.8, 4) is 11.3 Å². The molecule has 7 heteroatoms. The molecule has 7 nitrogen and oxygen atoms in total. The molecule has 218 valence electrons. The van der Waals surface area contributed by atoms with Gasteiger partial charge in [-0.1, -0.05) is 44.1 Å². The summed E-state index contributed by atoms with van der Waals surface area (Å²) in [6.45, 7) is 6.13. The second kappa shape index (κ2) is 11.1. The van der Waals surface area contributed by atoms with Gasteiger partial charge in [-0.05, 0) is 86.2 Å². The van der Waals surface area contributed by atoms with E-state index in [2.05, 4.69) is 50.5 Å². The van der Waals surface area contributed by atoms with Crippen molar-refractivity contribution in [2.45, 2.75) is 95.7 Å². The Kier molecular flexibility index (Phi) is 7.36. The maximum Gasteiger partial charge on any atom is 0.224 e. The van der Waals surface area contributed by atoms with Crippen molar-refractivity contribution in [1.29, 1.82) is 0 Å². The minimum absolute atomic E-state index is 0.123. The van der Waals surface area contributed by atoms with E-state index >= 15 is 0 Å². The number of nitrogens with one attached hydrogen (secondary N) is 2. The summed E-state index contributed by atoms with van der Waals surface area (Å²) in [5.41, 5.74) is 5.36. The molecule has 6 aliphatic rings. The predicted octanol–water partition coefficient (Wildman–Crippen LogP) is 6.03. The fraction of sp³-hybridized carbons (Fsp3) is 0.618. The van der Waals surface area contributed by atoms with Crippen molar-refractivity contribution >= 4 is 11.7 Å². The molecule has 41 heavy (non-hydrogen) atoms. The van der Waals surface area contributed by atoms with Crippen molar-refractivity contribution in [1.82, 2.24) is 25.1 Å². The van der Waals surface area contributed by atoms with Gasteiger partial charge in [0.2, 0.25) is 5.91 Å². The maximum atomic E-state index is 13.6. The normalized spacial score (nSPS) is 34.3. The van der Waals surface area contributed by atoms with Crippen LogP contribution in [0.3, 0.4) is 0 Å². The maximum absolute atomic E-state index is 13.6. The van der Waals surface area contributed by atoms with Gasteiger partial charge in [0.25, 0.3) is 0 Å². The third-order valence-electron chi connectivity index (χ3n) is 10.9. The number of benzene rings is 1. The molecule has 3 fully saturated rings. The summed E-state index contributed by atoms with van der Waals surface area (Å²) in [6, 6.07) is 7.86. The van der Waals surface area contributed by atoms with Crippen LogP contribution < -0.4 is 5.32 Å². The number of carbonyl (C=O) groups excluding carboxylic acids is 2. The molecule has 2 aromatic rings. The number of hydrogen-bond donors (Lipinski definition) is 2. The average molecular weight is 556 g/mol. The summed E-state index contributed by atoms with van der Waals surface area (Å²) in [7, 11) is 0. The molecule has 3 unspecified atom stereocenters. The van der Waals surface area contributed by atoms with Crippen LogP contribution in [-0.4, -0.2) is 57.6 Å². The molecule has 2 N–H and O–H groups in total. The lowest BCUT2D eigenvalue weighted by atomic mass is 9.90. The van der Waals surface area contributed by atoms with E-state index in [1.165, 1.54) is 29.5 Å². The van der Waals surface area contributed by atoms with Crippen LogP contribution in [0.15, 0.2) is 36.5 Å². The summed E-state index contributed by atoms with van der Waals surface area (Å²) in [6.07, 6.45) is 17.4. The highest BCUT2D eigenvalue weighted by Crippen LogP contribution is 2.59. The molecule has 5 aliphatic heterocycles. The van der Waals surface area contributed by atoms with E-state index in [0.717, 1.165) is 82.6 Å². The first kappa shape index (κ1) is 27.1. The molecule has 1 aromatic heterocycles. The van der Waals surface area contributed by atoms with Gasteiger partial charge in [-0.2, -0.15) is 0 Å². The number of rotatable bonds is 7. The summed E-state index contributed by atoms with van der Waals surface area (Å²) in [4.78, 5) is 39.0. The quantitative estimate of drug-likeness (QED) is 0.322. The van der Waals surface area contributed by atoms with Gasteiger partial charge in [0.1, 0.15) is 11.6 Å². The number of nitrogens with zero attached hydrogens (tertiary/aromatic N) is 3. The molecular weight excluding hydrogens is 510 g/mol. The van der Waals surface area contributed by atoms with E-state index in [-0.39, 0.29) is 23.3 Å². The Morgan fingerprint density at radius 1 is 1.05 bits per heavy atom. The standard InChI is InChI=1S/C34H45N5O2/c1-2-24(40)8-4-3-5-9-28-32-35-22-29(36-32)23-10-11-25-26(20-23)31-13-12-30(25)39(31)17-7-6-16-38-18-14-34(15-19-38)21-27(34)33(41)37-28/h6-7,10-11,20,22,27-28,30-31H,2-5,8-9,12-19,21H2,1H3,(H,35,36)(H,37,41)/b7-6+/t27-,28+,30?,31?/m1/s1. The lowest BCUT2D eigenvalue weighted by Gasteiger charge is -2.32. The molecule has 2 saturated heterocycles. The van der Waals surface area contributed by atoms with Gasteiger partial charge in [-0.25, -0.2) is 4.98 Å². The Labute approximate surface area is 244 Å². The Balaban J connectivity index is 1.14. The summed E-state index contributed by atoms with van der Waals surface area (Å²) < 4.78 is 0. The third-order valence-corrected chi connectivity index (χ3v) is 10.9. The number of ketones is 1. The number of amides is 1. The number of Topliss-reactive ketones (excluding diaryl/α,β-unsaturated/α-hetero) is 1. The Bertz CT molecular complexity index is 1320. The van der Waals surface area contributed by atoms with Crippen LogP contribution in [0.4, 0.5) is 0 Å². The van der Waals surface area contributed by atoms with E-state index in [0.29, 0.717) is 30.7 Å². The van der Waals surface area contributed by atoms with Crippen molar-refractivity contribution in [2.75, 3.05) is 26.2 Å². The third kappa shape index (κ3) is 5.20. The molecule has 1 aromatic carbocycles. The first-order chi connectivity index (χ1) is 20.0. The number of unbranched alkanes of at least 4 members (excludes halogenated alkanes) is 2. The second-order valence-electron chi connectivity index (χ2n) is 13.3. The highest BCUT2D eigenvalue weighted by molar-refractivity contribution is 5.83. The number of hydrogen-bond acceptors (Lipinski definition) is 5. The molecule has 5 atom stereocenters. The van der Waals surface area contributed by atoms with Crippen LogP contribution >= 0.6 is 0 Å². The molecule has 1 amide bonds. The largest absolute Gasteiger partial charge is 0.346 e. The van der Waals surface area contributed by atoms with Gasteiger partial charge >= 0.3 is 0 Å². The van der Waals surface area contributed by atoms with Gasteiger partial charge in [0, 0.05) is 43.9 Å². The Hall–Kier alpha value is -2.77.